The Labute approximate surface area is 141 Å². The molecule has 1 aromatic carbocycles. The number of nitrogens with one attached hydrogen (secondary N) is 1. The van der Waals surface area contributed by atoms with E-state index in [0.717, 1.165) is 54.0 Å². The van der Waals surface area contributed by atoms with Gasteiger partial charge in [0, 0.05) is 35.1 Å². The summed E-state index contributed by atoms with van der Waals surface area (Å²) in [5.74, 6) is 0. The van der Waals surface area contributed by atoms with Crippen molar-refractivity contribution in [1.82, 2.24) is 9.88 Å². The van der Waals surface area contributed by atoms with Crippen molar-refractivity contribution in [2.45, 2.75) is 37.2 Å². The average molecular weight is 332 g/mol. The maximum atomic E-state index is 12.5. The highest BCUT2D eigenvalue weighted by molar-refractivity contribution is 7.98. The molecule has 0 unspecified atom stereocenters. The lowest BCUT2D eigenvalue weighted by molar-refractivity contribution is -0.0148. The fourth-order valence-electron chi connectivity index (χ4n) is 3.19. The van der Waals surface area contributed by atoms with Crippen molar-refractivity contribution in [3.8, 4) is 0 Å². The molecule has 0 spiro atoms. The molecule has 0 radical (unpaired) electrons. The van der Waals surface area contributed by atoms with Crippen LogP contribution in [-0.4, -0.2) is 41.9 Å². The Morgan fingerprint density at radius 3 is 3.04 bits per heavy atom. The fourth-order valence-corrected chi connectivity index (χ4v) is 3.62. The number of thioether (sulfide) groups is 1. The maximum Gasteiger partial charge on any atom is 0.252 e. The molecule has 4 nitrogen and oxygen atoms in total. The highest BCUT2D eigenvalue weighted by atomic mass is 32.2. The molecular weight excluding hydrogens is 308 g/mol. The number of H-pyrrole nitrogens is 1. The van der Waals surface area contributed by atoms with Crippen LogP contribution in [0.5, 0.6) is 0 Å². The Hall–Kier alpha value is -1.30. The van der Waals surface area contributed by atoms with Gasteiger partial charge >= 0.3 is 0 Å². The van der Waals surface area contributed by atoms with E-state index < -0.39 is 0 Å². The largest absolute Gasteiger partial charge is 0.378 e. The van der Waals surface area contributed by atoms with Crippen molar-refractivity contribution in [2.75, 3.05) is 26.0 Å². The topological polar surface area (TPSA) is 45.3 Å². The molecule has 5 heteroatoms. The van der Waals surface area contributed by atoms with Crippen molar-refractivity contribution in [3.05, 3.63) is 40.2 Å². The van der Waals surface area contributed by atoms with Gasteiger partial charge in [-0.1, -0.05) is 19.4 Å². The summed E-state index contributed by atoms with van der Waals surface area (Å²) in [4.78, 5) is 19.0. The lowest BCUT2D eigenvalue weighted by Gasteiger charge is -2.35. The van der Waals surface area contributed by atoms with Crippen molar-refractivity contribution in [1.29, 1.82) is 0 Å². The SMILES string of the molecule is CCC[C@H]1COCCN1Cc1cc2ccc(SC)cc2[nH]c1=O. The number of hydrogen-bond acceptors (Lipinski definition) is 4. The Balaban J connectivity index is 1.87. The normalized spacial score (nSPS) is 19.3. The zero-order valence-corrected chi connectivity index (χ0v) is 14.6. The molecule has 1 aliphatic rings. The molecule has 0 aliphatic carbocycles. The quantitative estimate of drug-likeness (QED) is 0.854. The van der Waals surface area contributed by atoms with Crippen LogP contribution in [0.3, 0.4) is 0 Å². The Bertz CT molecular complexity index is 727. The Morgan fingerprint density at radius 1 is 1.39 bits per heavy atom. The second kappa shape index (κ2) is 7.51. The predicted octanol–water partition coefficient (Wildman–Crippen LogP) is 3.25. The van der Waals surface area contributed by atoms with Crippen LogP contribution in [0, 0.1) is 0 Å². The molecule has 124 valence electrons. The summed E-state index contributed by atoms with van der Waals surface area (Å²) in [6.07, 6.45) is 4.29. The zero-order chi connectivity index (χ0) is 16.2. The van der Waals surface area contributed by atoms with E-state index in [2.05, 4.69) is 28.9 Å². The second-order valence-electron chi connectivity index (χ2n) is 6.06. The number of ether oxygens (including phenoxy) is 1. The molecular formula is C18H24N2O2S. The van der Waals surface area contributed by atoms with Gasteiger partial charge in [-0.15, -0.1) is 11.8 Å². The average Bonchev–Trinajstić information content (AvgIpc) is 2.57. The third-order valence-corrected chi connectivity index (χ3v) is 5.20. The van der Waals surface area contributed by atoms with Gasteiger partial charge in [-0.2, -0.15) is 0 Å². The molecule has 1 fully saturated rings. The summed E-state index contributed by atoms with van der Waals surface area (Å²) in [5, 5.41) is 1.10. The maximum absolute atomic E-state index is 12.5. The fraction of sp³-hybridized carbons (Fsp3) is 0.500. The van der Waals surface area contributed by atoms with Crippen molar-refractivity contribution in [3.63, 3.8) is 0 Å². The molecule has 2 aromatic rings. The summed E-state index contributed by atoms with van der Waals surface area (Å²) < 4.78 is 5.60. The minimum absolute atomic E-state index is 0.0255. The third kappa shape index (κ3) is 3.79. The van der Waals surface area contributed by atoms with Crippen molar-refractivity contribution >= 4 is 22.7 Å². The predicted molar refractivity (Wildman–Crippen MR) is 96.3 cm³/mol. The van der Waals surface area contributed by atoms with Gasteiger partial charge in [0.1, 0.15) is 0 Å². The second-order valence-corrected chi connectivity index (χ2v) is 6.94. The summed E-state index contributed by atoms with van der Waals surface area (Å²) in [6.45, 7) is 5.31. The van der Waals surface area contributed by atoms with E-state index in [1.807, 2.05) is 18.4 Å². The number of aromatic amines is 1. The van der Waals surface area contributed by atoms with E-state index in [4.69, 9.17) is 4.74 Å². The lowest BCUT2D eigenvalue weighted by Crippen LogP contribution is -2.45. The van der Waals surface area contributed by atoms with E-state index in [9.17, 15) is 4.79 Å². The number of pyridine rings is 1. The number of aromatic nitrogens is 1. The minimum atomic E-state index is 0.0255. The van der Waals surface area contributed by atoms with Gasteiger partial charge in [0.15, 0.2) is 0 Å². The van der Waals surface area contributed by atoms with Crippen LogP contribution in [0.15, 0.2) is 34.0 Å². The van der Waals surface area contributed by atoms with E-state index in [0.29, 0.717) is 12.6 Å². The summed E-state index contributed by atoms with van der Waals surface area (Å²) in [6, 6.07) is 8.69. The van der Waals surface area contributed by atoms with Crippen LogP contribution in [0.4, 0.5) is 0 Å². The van der Waals surface area contributed by atoms with Crippen LogP contribution >= 0.6 is 11.8 Å². The number of morpholine rings is 1. The standard InChI is InChI=1S/C18H24N2O2S/c1-3-4-15-12-22-8-7-20(15)11-14-9-13-5-6-16(23-2)10-17(13)19-18(14)21/h5-6,9-10,15H,3-4,7-8,11-12H2,1-2H3,(H,19,21)/t15-/m0/s1. The summed E-state index contributed by atoms with van der Waals surface area (Å²) in [5.41, 5.74) is 1.78. The van der Waals surface area contributed by atoms with Crippen LogP contribution in [-0.2, 0) is 11.3 Å². The molecule has 1 N–H and O–H groups in total. The van der Waals surface area contributed by atoms with E-state index >= 15 is 0 Å². The van der Waals surface area contributed by atoms with Gasteiger partial charge in [0.05, 0.1) is 13.2 Å². The van der Waals surface area contributed by atoms with Crippen molar-refractivity contribution in [2.24, 2.45) is 0 Å². The van der Waals surface area contributed by atoms with E-state index in [-0.39, 0.29) is 5.56 Å². The van der Waals surface area contributed by atoms with Crippen LogP contribution < -0.4 is 5.56 Å². The molecule has 2 heterocycles. The molecule has 1 atom stereocenters. The first-order valence-corrected chi connectivity index (χ1v) is 9.45. The first kappa shape index (κ1) is 16.6. The number of fused-ring (bicyclic) bond motifs is 1. The van der Waals surface area contributed by atoms with E-state index in [1.165, 1.54) is 0 Å². The summed E-state index contributed by atoms with van der Waals surface area (Å²) >= 11 is 1.68. The highest BCUT2D eigenvalue weighted by Crippen LogP contribution is 2.21. The lowest BCUT2D eigenvalue weighted by atomic mass is 10.1. The smallest absolute Gasteiger partial charge is 0.252 e. The van der Waals surface area contributed by atoms with Crippen LogP contribution in [0.25, 0.3) is 10.9 Å². The third-order valence-electron chi connectivity index (χ3n) is 4.47. The monoisotopic (exact) mass is 332 g/mol. The van der Waals surface area contributed by atoms with Gasteiger partial charge in [-0.3, -0.25) is 9.69 Å². The van der Waals surface area contributed by atoms with Gasteiger partial charge in [0.25, 0.3) is 5.56 Å². The number of rotatable bonds is 5. The first-order chi connectivity index (χ1) is 11.2. The number of nitrogens with zero attached hydrogens (tertiary/aromatic N) is 1. The highest BCUT2D eigenvalue weighted by Gasteiger charge is 2.23. The molecule has 0 bridgehead atoms. The Kier molecular flexibility index (Phi) is 5.41. The van der Waals surface area contributed by atoms with Crippen molar-refractivity contribution < 1.29 is 4.74 Å². The minimum Gasteiger partial charge on any atom is -0.378 e. The molecule has 0 saturated carbocycles. The molecule has 1 aromatic heterocycles. The zero-order valence-electron chi connectivity index (χ0n) is 13.8. The van der Waals surface area contributed by atoms with Gasteiger partial charge < -0.3 is 9.72 Å². The molecule has 1 aliphatic heterocycles. The van der Waals surface area contributed by atoms with Gasteiger partial charge in [-0.25, -0.2) is 0 Å². The number of hydrogen-bond donors (Lipinski definition) is 1. The van der Waals surface area contributed by atoms with Crippen LogP contribution in [0.2, 0.25) is 0 Å². The molecule has 1 saturated heterocycles. The van der Waals surface area contributed by atoms with E-state index in [1.54, 1.807) is 11.8 Å². The molecule has 3 rings (SSSR count). The molecule has 0 amide bonds. The molecule has 23 heavy (non-hydrogen) atoms. The van der Waals surface area contributed by atoms with Crippen LogP contribution in [0.1, 0.15) is 25.3 Å². The first-order valence-electron chi connectivity index (χ1n) is 8.23. The Morgan fingerprint density at radius 2 is 2.26 bits per heavy atom. The summed E-state index contributed by atoms with van der Waals surface area (Å²) in [7, 11) is 0. The van der Waals surface area contributed by atoms with Gasteiger partial charge in [0.2, 0.25) is 0 Å². The van der Waals surface area contributed by atoms with Gasteiger partial charge in [-0.05, 0) is 36.3 Å². The number of benzene rings is 1.